The predicted molar refractivity (Wildman–Crippen MR) is 82.8 cm³/mol. The number of nitrogens with zero attached hydrogens (tertiary/aromatic N) is 2. The summed E-state index contributed by atoms with van der Waals surface area (Å²) in [5.41, 5.74) is 0.556. The van der Waals surface area contributed by atoms with Gasteiger partial charge in [-0.05, 0) is 38.5 Å². The summed E-state index contributed by atoms with van der Waals surface area (Å²) in [6.45, 7) is 6.19. The quantitative estimate of drug-likeness (QED) is 0.864. The first-order chi connectivity index (χ1) is 10.7. The molecule has 6 nitrogen and oxygen atoms in total. The van der Waals surface area contributed by atoms with Crippen LogP contribution in [-0.2, 0) is 4.74 Å². The van der Waals surface area contributed by atoms with E-state index in [4.69, 9.17) is 10.00 Å². The number of ether oxygens (including phenoxy) is 1. The van der Waals surface area contributed by atoms with Crippen LogP contribution >= 0.6 is 0 Å². The Labute approximate surface area is 135 Å². The van der Waals surface area contributed by atoms with Crippen LogP contribution in [0.4, 0.5) is 4.79 Å². The Balaban J connectivity index is 1.99. The molecule has 1 saturated heterocycles. The number of amides is 1. The molecule has 0 bridgehead atoms. The fourth-order valence-electron chi connectivity index (χ4n) is 2.42. The molecule has 1 heterocycles. The first-order valence-electron chi connectivity index (χ1n) is 7.40. The van der Waals surface area contributed by atoms with Gasteiger partial charge >= 0.3 is 6.09 Å². The van der Waals surface area contributed by atoms with Gasteiger partial charge in [-0.3, -0.25) is 4.79 Å². The number of nitriles is 1. The molecule has 1 aromatic rings. The Hall–Kier alpha value is -2.39. The Kier molecular flexibility index (Phi) is 4.71. The van der Waals surface area contributed by atoms with Crippen molar-refractivity contribution in [1.29, 1.82) is 5.26 Å². The standard InChI is InChI=1S/C17H20N2O4/c1-17(2,3)23-16(22)19-8-14(9-19)15(21)11-4-5-12(10-20)13(6-11)7-18/h4-6,10,14-15,21H,8-9H2,1-3H3. The zero-order valence-electron chi connectivity index (χ0n) is 13.4. The van der Waals surface area contributed by atoms with Crippen molar-refractivity contribution in [2.75, 3.05) is 13.1 Å². The van der Waals surface area contributed by atoms with E-state index in [0.717, 1.165) is 0 Å². The highest BCUT2D eigenvalue weighted by atomic mass is 16.6. The molecule has 0 spiro atoms. The zero-order chi connectivity index (χ0) is 17.2. The van der Waals surface area contributed by atoms with Crippen molar-refractivity contribution < 1.29 is 19.4 Å². The number of likely N-dealkylation sites (tertiary alicyclic amines) is 1. The van der Waals surface area contributed by atoms with Gasteiger partial charge in [0.05, 0.1) is 17.7 Å². The zero-order valence-corrected chi connectivity index (χ0v) is 13.4. The largest absolute Gasteiger partial charge is 0.444 e. The van der Waals surface area contributed by atoms with E-state index in [1.807, 2.05) is 6.07 Å². The number of carbonyl (C=O) groups excluding carboxylic acids is 2. The first kappa shape index (κ1) is 17.0. The predicted octanol–water partition coefficient (Wildman–Crippen LogP) is 2.27. The molecule has 1 aliphatic heterocycles. The third-order valence-corrected chi connectivity index (χ3v) is 3.67. The number of benzene rings is 1. The van der Waals surface area contributed by atoms with Crippen molar-refractivity contribution >= 4 is 12.4 Å². The highest BCUT2D eigenvalue weighted by Gasteiger charge is 2.38. The molecule has 2 rings (SSSR count). The fourth-order valence-corrected chi connectivity index (χ4v) is 2.42. The van der Waals surface area contributed by atoms with E-state index in [1.165, 1.54) is 17.0 Å². The molecule has 122 valence electrons. The van der Waals surface area contributed by atoms with Crippen LogP contribution in [0.5, 0.6) is 0 Å². The maximum atomic E-state index is 11.9. The molecule has 1 atom stereocenters. The summed E-state index contributed by atoms with van der Waals surface area (Å²) in [7, 11) is 0. The van der Waals surface area contributed by atoms with Gasteiger partial charge < -0.3 is 14.7 Å². The number of hydrogen-bond acceptors (Lipinski definition) is 5. The van der Waals surface area contributed by atoms with Gasteiger partial charge in [-0.1, -0.05) is 6.07 Å². The molecule has 1 unspecified atom stereocenters. The monoisotopic (exact) mass is 316 g/mol. The number of rotatable bonds is 3. The van der Waals surface area contributed by atoms with Crippen molar-refractivity contribution in [2.24, 2.45) is 5.92 Å². The SMILES string of the molecule is CC(C)(C)OC(=O)N1CC(C(O)c2ccc(C=O)c(C#N)c2)C1. The molecule has 0 radical (unpaired) electrons. The summed E-state index contributed by atoms with van der Waals surface area (Å²) < 4.78 is 5.27. The van der Waals surface area contributed by atoms with E-state index >= 15 is 0 Å². The van der Waals surface area contributed by atoms with Crippen LogP contribution in [0, 0.1) is 17.2 Å². The van der Waals surface area contributed by atoms with Crippen molar-refractivity contribution in [1.82, 2.24) is 4.90 Å². The second-order valence-electron chi connectivity index (χ2n) is 6.67. The molecule has 1 amide bonds. The molecular weight excluding hydrogens is 296 g/mol. The third kappa shape index (κ3) is 3.88. The molecule has 1 fully saturated rings. The molecule has 0 aliphatic carbocycles. The summed E-state index contributed by atoms with van der Waals surface area (Å²) in [6.07, 6.45) is -0.570. The fraction of sp³-hybridized carbons (Fsp3) is 0.471. The van der Waals surface area contributed by atoms with Gasteiger partial charge in [0.2, 0.25) is 0 Å². The third-order valence-electron chi connectivity index (χ3n) is 3.67. The summed E-state index contributed by atoms with van der Waals surface area (Å²) in [5.74, 6) is -0.115. The Morgan fingerprint density at radius 3 is 2.65 bits per heavy atom. The van der Waals surface area contributed by atoms with Gasteiger partial charge in [0.15, 0.2) is 6.29 Å². The minimum atomic E-state index is -0.790. The normalized spacial score (nSPS) is 16.2. The summed E-state index contributed by atoms with van der Waals surface area (Å²) >= 11 is 0. The van der Waals surface area contributed by atoms with Gasteiger partial charge in [-0.25, -0.2) is 4.79 Å². The van der Waals surface area contributed by atoms with E-state index in [2.05, 4.69) is 0 Å². The molecule has 23 heavy (non-hydrogen) atoms. The van der Waals surface area contributed by atoms with E-state index in [1.54, 1.807) is 26.8 Å². The first-order valence-corrected chi connectivity index (χ1v) is 7.40. The summed E-state index contributed by atoms with van der Waals surface area (Å²) in [4.78, 5) is 24.2. The smallest absolute Gasteiger partial charge is 0.410 e. The number of aliphatic hydroxyl groups excluding tert-OH is 1. The average molecular weight is 316 g/mol. The lowest BCUT2D eigenvalue weighted by Gasteiger charge is -2.42. The number of hydrogen-bond donors (Lipinski definition) is 1. The van der Waals surface area contributed by atoms with Gasteiger partial charge in [-0.2, -0.15) is 5.26 Å². The van der Waals surface area contributed by atoms with Crippen LogP contribution in [-0.4, -0.2) is 41.1 Å². The van der Waals surface area contributed by atoms with E-state index in [-0.39, 0.29) is 11.5 Å². The molecule has 1 N–H and O–H groups in total. The number of aldehydes is 1. The minimum absolute atomic E-state index is 0.115. The van der Waals surface area contributed by atoms with Crippen molar-refractivity contribution in [3.05, 3.63) is 34.9 Å². The molecule has 1 aromatic carbocycles. The highest BCUT2D eigenvalue weighted by Crippen LogP contribution is 2.31. The lowest BCUT2D eigenvalue weighted by molar-refractivity contribution is -0.0314. The molecule has 6 heteroatoms. The minimum Gasteiger partial charge on any atom is -0.444 e. The van der Waals surface area contributed by atoms with Crippen LogP contribution in [0.2, 0.25) is 0 Å². The Bertz CT molecular complexity index is 652. The van der Waals surface area contributed by atoms with E-state index in [9.17, 15) is 14.7 Å². The van der Waals surface area contributed by atoms with Crippen molar-refractivity contribution in [2.45, 2.75) is 32.5 Å². The topological polar surface area (TPSA) is 90.6 Å². The van der Waals surface area contributed by atoms with Crippen LogP contribution in [0.15, 0.2) is 18.2 Å². The molecule has 0 saturated carbocycles. The van der Waals surface area contributed by atoms with Gasteiger partial charge in [-0.15, -0.1) is 0 Å². The van der Waals surface area contributed by atoms with Gasteiger partial charge in [0.25, 0.3) is 0 Å². The van der Waals surface area contributed by atoms with Crippen LogP contribution in [0.3, 0.4) is 0 Å². The average Bonchev–Trinajstić information content (AvgIpc) is 2.42. The molecule has 0 aromatic heterocycles. The van der Waals surface area contributed by atoms with Crippen LogP contribution < -0.4 is 0 Å². The second kappa shape index (κ2) is 6.39. The van der Waals surface area contributed by atoms with E-state index < -0.39 is 17.8 Å². The van der Waals surface area contributed by atoms with Crippen LogP contribution in [0.1, 0.15) is 48.4 Å². The van der Waals surface area contributed by atoms with Gasteiger partial charge in [0.1, 0.15) is 5.60 Å². The highest BCUT2D eigenvalue weighted by molar-refractivity contribution is 5.79. The lowest BCUT2D eigenvalue weighted by atomic mass is 9.88. The number of aliphatic hydroxyl groups is 1. The summed E-state index contributed by atoms with van der Waals surface area (Å²) in [5, 5.41) is 19.4. The Morgan fingerprint density at radius 2 is 2.13 bits per heavy atom. The Morgan fingerprint density at radius 1 is 1.48 bits per heavy atom. The maximum absolute atomic E-state index is 11.9. The van der Waals surface area contributed by atoms with Gasteiger partial charge in [0, 0.05) is 24.6 Å². The molecular formula is C17H20N2O4. The second-order valence-corrected chi connectivity index (χ2v) is 6.67. The maximum Gasteiger partial charge on any atom is 0.410 e. The molecule has 1 aliphatic rings. The van der Waals surface area contributed by atoms with Crippen molar-refractivity contribution in [3.63, 3.8) is 0 Å². The number of carbonyl (C=O) groups is 2. The van der Waals surface area contributed by atoms with Crippen LogP contribution in [0.25, 0.3) is 0 Å². The van der Waals surface area contributed by atoms with Crippen molar-refractivity contribution in [3.8, 4) is 6.07 Å². The lowest BCUT2D eigenvalue weighted by Crippen LogP contribution is -2.53. The summed E-state index contributed by atoms with van der Waals surface area (Å²) in [6, 6.07) is 6.61. The van der Waals surface area contributed by atoms with E-state index in [0.29, 0.717) is 30.5 Å².